The van der Waals surface area contributed by atoms with E-state index in [1.165, 1.54) is 0 Å². The summed E-state index contributed by atoms with van der Waals surface area (Å²) in [5.41, 5.74) is 0. The Bertz CT molecular complexity index is 102. The highest BCUT2D eigenvalue weighted by molar-refractivity contribution is 4.88. The van der Waals surface area contributed by atoms with Crippen molar-refractivity contribution in [2.45, 2.75) is 26.3 Å². The molecule has 0 fully saturated rings. The van der Waals surface area contributed by atoms with Crippen LogP contribution in [-0.4, -0.2) is 13.1 Å². The van der Waals surface area contributed by atoms with Gasteiger partial charge in [-0.05, 0) is 19.4 Å². The number of rotatable bonds is 3. The minimum Gasteiger partial charge on any atom is -0.305 e. The van der Waals surface area contributed by atoms with E-state index in [1.807, 2.05) is 7.05 Å². The lowest BCUT2D eigenvalue weighted by atomic mass is 10.1. The molecule has 0 rings (SSSR count). The third-order valence-electron chi connectivity index (χ3n) is 1.21. The molecule has 0 radical (unpaired) electrons. The van der Waals surface area contributed by atoms with Crippen LogP contribution in [0.3, 0.4) is 0 Å². The normalized spacial score (nSPS) is 13.2. The van der Waals surface area contributed by atoms with Gasteiger partial charge in [-0.2, -0.15) is 5.26 Å². The fourth-order valence-electron chi connectivity index (χ4n) is 0.707. The van der Waals surface area contributed by atoms with E-state index in [-0.39, 0.29) is 6.04 Å². The molecule has 0 aromatic rings. The minimum atomic E-state index is 0.0324. The molecule has 9 heavy (non-hydrogen) atoms. The van der Waals surface area contributed by atoms with Gasteiger partial charge in [0.1, 0.15) is 0 Å². The molecule has 0 aliphatic heterocycles. The smallest absolute Gasteiger partial charge is 0.0953 e. The van der Waals surface area contributed by atoms with Crippen molar-refractivity contribution >= 4 is 0 Å². The highest BCUT2D eigenvalue weighted by Gasteiger charge is 2.04. The molecule has 0 spiro atoms. The second-order valence-corrected chi connectivity index (χ2v) is 2.60. The van der Waals surface area contributed by atoms with Crippen LogP contribution in [-0.2, 0) is 0 Å². The maximum Gasteiger partial charge on any atom is 0.0953 e. The summed E-state index contributed by atoms with van der Waals surface area (Å²) in [6.07, 6.45) is 0.938. The van der Waals surface area contributed by atoms with Crippen molar-refractivity contribution in [3.05, 3.63) is 0 Å². The zero-order chi connectivity index (χ0) is 7.28. The monoisotopic (exact) mass is 126 g/mol. The summed E-state index contributed by atoms with van der Waals surface area (Å²) in [5.74, 6) is 0.599. The molecule has 2 nitrogen and oxygen atoms in total. The molecule has 2 heteroatoms. The van der Waals surface area contributed by atoms with Crippen LogP contribution in [0.25, 0.3) is 0 Å². The van der Waals surface area contributed by atoms with Crippen LogP contribution >= 0.6 is 0 Å². The predicted octanol–water partition coefficient (Wildman–Crippen LogP) is 1.14. The third kappa shape index (κ3) is 3.99. The molecule has 0 bridgehead atoms. The van der Waals surface area contributed by atoms with E-state index in [0.717, 1.165) is 6.42 Å². The van der Waals surface area contributed by atoms with Crippen molar-refractivity contribution in [1.29, 1.82) is 5.26 Å². The Morgan fingerprint density at radius 2 is 2.11 bits per heavy atom. The Kier molecular flexibility index (Phi) is 4.08. The summed E-state index contributed by atoms with van der Waals surface area (Å²) < 4.78 is 0. The Labute approximate surface area is 56.9 Å². The largest absolute Gasteiger partial charge is 0.305 e. The van der Waals surface area contributed by atoms with Crippen LogP contribution in [0, 0.1) is 17.2 Å². The first-order valence-electron chi connectivity index (χ1n) is 3.27. The Morgan fingerprint density at radius 3 is 2.22 bits per heavy atom. The van der Waals surface area contributed by atoms with E-state index in [2.05, 4.69) is 25.2 Å². The standard InChI is InChI=1S/C7H14N2/c1-6(2)4-7(5-8)9-3/h6-7,9H,4H2,1-3H3/t7-/m0/s1. The van der Waals surface area contributed by atoms with E-state index in [9.17, 15) is 0 Å². The van der Waals surface area contributed by atoms with Gasteiger partial charge in [0.15, 0.2) is 0 Å². The van der Waals surface area contributed by atoms with Crippen LogP contribution in [0.4, 0.5) is 0 Å². The lowest BCUT2D eigenvalue weighted by molar-refractivity contribution is 0.506. The fraction of sp³-hybridized carbons (Fsp3) is 0.857. The van der Waals surface area contributed by atoms with Crippen molar-refractivity contribution < 1.29 is 0 Å². The third-order valence-corrected chi connectivity index (χ3v) is 1.21. The first-order chi connectivity index (χ1) is 4.20. The Morgan fingerprint density at radius 1 is 1.56 bits per heavy atom. The van der Waals surface area contributed by atoms with Crippen molar-refractivity contribution in [2.24, 2.45) is 5.92 Å². The molecule has 0 aromatic heterocycles. The van der Waals surface area contributed by atoms with E-state index >= 15 is 0 Å². The van der Waals surface area contributed by atoms with Gasteiger partial charge in [-0.3, -0.25) is 0 Å². The topological polar surface area (TPSA) is 35.8 Å². The van der Waals surface area contributed by atoms with E-state index in [1.54, 1.807) is 0 Å². The average Bonchev–Trinajstić information content (AvgIpc) is 1.82. The van der Waals surface area contributed by atoms with Gasteiger partial charge in [0, 0.05) is 0 Å². The summed E-state index contributed by atoms with van der Waals surface area (Å²) in [6, 6.07) is 2.20. The van der Waals surface area contributed by atoms with Gasteiger partial charge in [0.25, 0.3) is 0 Å². The molecular formula is C7H14N2. The molecule has 0 heterocycles. The SMILES string of the molecule is CN[C@H](C#N)CC(C)C. The van der Waals surface area contributed by atoms with Crippen LogP contribution in [0.2, 0.25) is 0 Å². The highest BCUT2D eigenvalue weighted by atomic mass is 14.9. The van der Waals surface area contributed by atoms with Gasteiger partial charge in [0.05, 0.1) is 12.1 Å². The summed E-state index contributed by atoms with van der Waals surface area (Å²) in [4.78, 5) is 0. The minimum absolute atomic E-state index is 0.0324. The molecule has 0 amide bonds. The van der Waals surface area contributed by atoms with E-state index in [0.29, 0.717) is 5.92 Å². The molecular weight excluding hydrogens is 112 g/mol. The number of nitrogens with one attached hydrogen (secondary N) is 1. The zero-order valence-electron chi connectivity index (χ0n) is 6.31. The summed E-state index contributed by atoms with van der Waals surface area (Å²) >= 11 is 0. The molecule has 0 aliphatic carbocycles. The second kappa shape index (κ2) is 4.34. The Balaban J connectivity index is 3.47. The van der Waals surface area contributed by atoms with Gasteiger partial charge < -0.3 is 5.32 Å². The van der Waals surface area contributed by atoms with E-state index in [4.69, 9.17) is 5.26 Å². The number of hydrogen-bond acceptors (Lipinski definition) is 2. The maximum atomic E-state index is 8.46. The zero-order valence-corrected chi connectivity index (χ0v) is 6.31. The summed E-state index contributed by atoms with van der Waals surface area (Å²) in [5, 5.41) is 11.4. The number of nitriles is 1. The summed E-state index contributed by atoms with van der Waals surface area (Å²) in [6.45, 7) is 4.23. The van der Waals surface area contributed by atoms with Crippen LogP contribution in [0.15, 0.2) is 0 Å². The predicted molar refractivity (Wildman–Crippen MR) is 37.9 cm³/mol. The quantitative estimate of drug-likeness (QED) is 0.615. The molecule has 0 saturated heterocycles. The second-order valence-electron chi connectivity index (χ2n) is 2.60. The lowest BCUT2D eigenvalue weighted by Gasteiger charge is -2.08. The van der Waals surface area contributed by atoms with Crippen molar-refractivity contribution in [3.63, 3.8) is 0 Å². The highest BCUT2D eigenvalue weighted by Crippen LogP contribution is 2.02. The van der Waals surface area contributed by atoms with Gasteiger partial charge >= 0.3 is 0 Å². The fourth-order valence-corrected chi connectivity index (χ4v) is 0.707. The van der Waals surface area contributed by atoms with E-state index < -0.39 is 0 Å². The average molecular weight is 126 g/mol. The molecule has 1 atom stereocenters. The lowest BCUT2D eigenvalue weighted by Crippen LogP contribution is -2.24. The molecule has 0 unspecified atom stereocenters. The molecule has 0 saturated carbocycles. The molecule has 52 valence electrons. The van der Waals surface area contributed by atoms with Gasteiger partial charge in [-0.25, -0.2) is 0 Å². The van der Waals surface area contributed by atoms with Crippen molar-refractivity contribution in [2.75, 3.05) is 7.05 Å². The van der Waals surface area contributed by atoms with Crippen LogP contribution < -0.4 is 5.32 Å². The first kappa shape index (κ1) is 8.45. The summed E-state index contributed by atoms with van der Waals surface area (Å²) in [7, 11) is 1.82. The molecule has 1 N–H and O–H groups in total. The Hall–Kier alpha value is -0.550. The number of nitrogens with zero attached hydrogens (tertiary/aromatic N) is 1. The van der Waals surface area contributed by atoms with Gasteiger partial charge in [-0.1, -0.05) is 13.8 Å². The van der Waals surface area contributed by atoms with Crippen LogP contribution in [0.1, 0.15) is 20.3 Å². The van der Waals surface area contributed by atoms with Gasteiger partial charge in [-0.15, -0.1) is 0 Å². The number of hydrogen-bond donors (Lipinski definition) is 1. The molecule has 0 aromatic carbocycles. The van der Waals surface area contributed by atoms with Gasteiger partial charge in [0.2, 0.25) is 0 Å². The molecule has 0 aliphatic rings. The van der Waals surface area contributed by atoms with Crippen molar-refractivity contribution in [3.8, 4) is 6.07 Å². The first-order valence-corrected chi connectivity index (χ1v) is 3.27. The van der Waals surface area contributed by atoms with Crippen LogP contribution in [0.5, 0.6) is 0 Å². The maximum absolute atomic E-state index is 8.46. The van der Waals surface area contributed by atoms with Crippen molar-refractivity contribution in [1.82, 2.24) is 5.32 Å².